The molecule has 4 nitrogen and oxygen atoms in total. The third-order valence-electron chi connectivity index (χ3n) is 4.84. The van der Waals surface area contributed by atoms with E-state index in [1.54, 1.807) is 0 Å². The molecule has 1 aliphatic carbocycles. The van der Waals surface area contributed by atoms with Crippen LogP contribution in [0.15, 0.2) is 0 Å². The zero-order valence-electron chi connectivity index (χ0n) is 11.6. The number of nitrogens with zero attached hydrogens (tertiary/aromatic N) is 2. The molecule has 0 aromatic carbocycles. The zero-order valence-corrected chi connectivity index (χ0v) is 11.6. The van der Waals surface area contributed by atoms with E-state index in [0.717, 1.165) is 51.7 Å². The van der Waals surface area contributed by atoms with Crippen molar-refractivity contribution in [3.8, 4) is 6.07 Å². The van der Waals surface area contributed by atoms with Gasteiger partial charge in [0.15, 0.2) is 0 Å². The predicted molar refractivity (Wildman–Crippen MR) is 71.3 cm³/mol. The second-order valence-corrected chi connectivity index (χ2v) is 5.68. The highest BCUT2D eigenvalue weighted by Gasteiger charge is 2.36. The molecule has 4 heteroatoms. The standard InChI is InChI=1S/C14H25N3O/c1-16-14(11-15)7-3-12(4-8-14)17(2)13-5-9-18-10-6-13/h12-13,16H,3-10H2,1-2H3. The first kappa shape index (κ1) is 13.8. The summed E-state index contributed by atoms with van der Waals surface area (Å²) >= 11 is 0. The van der Waals surface area contributed by atoms with Crippen LogP contribution in [0, 0.1) is 11.3 Å². The van der Waals surface area contributed by atoms with Crippen LogP contribution in [-0.2, 0) is 4.74 Å². The average molecular weight is 251 g/mol. The molecule has 0 aromatic rings. The Labute approximate surface area is 110 Å². The van der Waals surface area contributed by atoms with Crippen molar-refractivity contribution < 1.29 is 4.74 Å². The number of hydrogen-bond donors (Lipinski definition) is 1. The van der Waals surface area contributed by atoms with Crippen molar-refractivity contribution >= 4 is 0 Å². The molecule has 0 atom stereocenters. The summed E-state index contributed by atoms with van der Waals surface area (Å²) in [4.78, 5) is 2.54. The fraction of sp³-hybridized carbons (Fsp3) is 0.929. The van der Waals surface area contributed by atoms with Crippen LogP contribution in [-0.4, -0.2) is 49.8 Å². The van der Waals surface area contributed by atoms with Crippen molar-refractivity contribution in [1.82, 2.24) is 10.2 Å². The van der Waals surface area contributed by atoms with Gasteiger partial charge in [0, 0.05) is 25.3 Å². The SMILES string of the molecule is CNC1(C#N)CCC(N(C)C2CCOCC2)CC1. The van der Waals surface area contributed by atoms with E-state index in [0.29, 0.717) is 12.1 Å². The van der Waals surface area contributed by atoms with Crippen LogP contribution in [0.1, 0.15) is 38.5 Å². The molecule has 0 spiro atoms. The van der Waals surface area contributed by atoms with Crippen LogP contribution in [0.4, 0.5) is 0 Å². The Morgan fingerprint density at radius 2 is 1.72 bits per heavy atom. The van der Waals surface area contributed by atoms with Gasteiger partial charge < -0.3 is 15.0 Å². The van der Waals surface area contributed by atoms with Gasteiger partial charge in [-0.05, 0) is 52.6 Å². The molecule has 1 saturated heterocycles. The Kier molecular flexibility index (Phi) is 4.60. The lowest BCUT2D eigenvalue weighted by molar-refractivity contribution is 0.0182. The minimum atomic E-state index is -0.271. The fourth-order valence-corrected chi connectivity index (χ4v) is 3.31. The summed E-state index contributed by atoms with van der Waals surface area (Å²) in [5.74, 6) is 0. The Morgan fingerprint density at radius 3 is 2.22 bits per heavy atom. The smallest absolute Gasteiger partial charge is 0.106 e. The number of nitrogens with one attached hydrogen (secondary N) is 1. The first-order valence-electron chi connectivity index (χ1n) is 7.10. The summed E-state index contributed by atoms with van der Waals surface area (Å²) in [6.07, 6.45) is 6.51. The van der Waals surface area contributed by atoms with Gasteiger partial charge in [0.1, 0.15) is 5.54 Å². The van der Waals surface area contributed by atoms with Crippen molar-refractivity contribution in [3.63, 3.8) is 0 Å². The van der Waals surface area contributed by atoms with Crippen molar-refractivity contribution in [2.75, 3.05) is 27.3 Å². The monoisotopic (exact) mass is 251 g/mol. The highest BCUT2D eigenvalue weighted by Crippen LogP contribution is 2.31. The maximum Gasteiger partial charge on any atom is 0.106 e. The summed E-state index contributed by atoms with van der Waals surface area (Å²) in [7, 11) is 4.16. The maximum atomic E-state index is 9.27. The van der Waals surface area contributed by atoms with Crippen LogP contribution in [0.5, 0.6) is 0 Å². The molecule has 0 radical (unpaired) electrons. The first-order chi connectivity index (χ1) is 8.71. The number of nitriles is 1. The van der Waals surface area contributed by atoms with Crippen molar-refractivity contribution in [2.45, 2.75) is 56.1 Å². The summed E-state index contributed by atoms with van der Waals surface area (Å²) in [6, 6.07) is 3.77. The van der Waals surface area contributed by atoms with Gasteiger partial charge in [-0.1, -0.05) is 0 Å². The molecule has 2 rings (SSSR count). The summed E-state index contributed by atoms with van der Waals surface area (Å²) in [6.45, 7) is 1.81. The van der Waals surface area contributed by atoms with E-state index in [1.165, 1.54) is 0 Å². The Morgan fingerprint density at radius 1 is 1.17 bits per heavy atom. The van der Waals surface area contributed by atoms with Crippen LogP contribution in [0.2, 0.25) is 0 Å². The van der Waals surface area contributed by atoms with Gasteiger partial charge in [0.2, 0.25) is 0 Å². The van der Waals surface area contributed by atoms with Gasteiger partial charge in [-0.25, -0.2) is 0 Å². The highest BCUT2D eigenvalue weighted by atomic mass is 16.5. The van der Waals surface area contributed by atoms with Gasteiger partial charge in [-0.2, -0.15) is 5.26 Å². The van der Waals surface area contributed by atoms with E-state index in [4.69, 9.17) is 4.74 Å². The second-order valence-electron chi connectivity index (χ2n) is 5.68. The number of ether oxygens (including phenoxy) is 1. The van der Waals surface area contributed by atoms with E-state index in [-0.39, 0.29) is 5.54 Å². The van der Waals surface area contributed by atoms with Crippen LogP contribution in [0.25, 0.3) is 0 Å². The van der Waals surface area contributed by atoms with Gasteiger partial charge in [0.05, 0.1) is 6.07 Å². The minimum absolute atomic E-state index is 0.271. The molecule has 1 heterocycles. The second kappa shape index (κ2) is 6.01. The molecule has 0 unspecified atom stereocenters. The zero-order chi connectivity index (χ0) is 13.0. The average Bonchev–Trinajstić information content (AvgIpc) is 2.47. The topological polar surface area (TPSA) is 48.3 Å². The van der Waals surface area contributed by atoms with Crippen LogP contribution in [0.3, 0.4) is 0 Å². The molecule has 1 aliphatic heterocycles. The molecule has 0 bridgehead atoms. The molecule has 18 heavy (non-hydrogen) atoms. The van der Waals surface area contributed by atoms with Crippen molar-refractivity contribution in [2.24, 2.45) is 0 Å². The van der Waals surface area contributed by atoms with E-state index in [9.17, 15) is 5.26 Å². The highest BCUT2D eigenvalue weighted by molar-refractivity contribution is 5.09. The number of rotatable bonds is 3. The number of hydrogen-bond acceptors (Lipinski definition) is 4. The molecule has 1 N–H and O–H groups in total. The fourth-order valence-electron chi connectivity index (χ4n) is 3.31. The van der Waals surface area contributed by atoms with Gasteiger partial charge in [0.25, 0.3) is 0 Å². The molecular formula is C14H25N3O. The Hall–Kier alpha value is -0.630. The van der Waals surface area contributed by atoms with Gasteiger partial charge in [-0.3, -0.25) is 0 Å². The van der Waals surface area contributed by atoms with Gasteiger partial charge >= 0.3 is 0 Å². The van der Waals surface area contributed by atoms with Crippen molar-refractivity contribution in [1.29, 1.82) is 5.26 Å². The van der Waals surface area contributed by atoms with E-state index < -0.39 is 0 Å². The summed E-state index contributed by atoms with van der Waals surface area (Å²) in [5.41, 5.74) is -0.271. The Balaban J connectivity index is 1.87. The third kappa shape index (κ3) is 2.85. The van der Waals surface area contributed by atoms with Crippen LogP contribution >= 0.6 is 0 Å². The Bertz CT molecular complexity index is 299. The van der Waals surface area contributed by atoms with Crippen LogP contribution < -0.4 is 5.32 Å². The predicted octanol–water partition coefficient (Wildman–Crippen LogP) is 1.52. The lowest BCUT2D eigenvalue weighted by Crippen LogP contribution is -2.51. The van der Waals surface area contributed by atoms with E-state index >= 15 is 0 Å². The maximum absolute atomic E-state index is 9.27. The minimum Gasteiger partial charge on any atom is -0.381 e. The molecule has 102 valence electrons. The van der Waals surface area contributed by atoms with E-state index in [1.807, 2.05) is 7.05 Å². The lowest BCUT2D eigenvalue weighted by Gasteiger charge is -2.42. The van der Waals surface area contributed by atoms with E-state index in [2.05, 4.69) is 23.3 Å². The molecule has 2 fully saturated rings. The molecular weight excluding hydrogens is 226 g/mol. The quantitative estimate of drug-likeness (QED) is 0.826. The van der Waals surface area contributed by atoms with Crippen molar-refractivity contribution in [3.05, 3.63) is 0 Å². The third-order valence-corrected chi connectivity index (χ3v) is 4.84. The largest absolute Gasteiger partial charge is 0.381 e. The van der Waals surface area contributed by atoms with Gasteiger partial charge in [-0.15, -0.1) is 0 Å². The summed E-state index contributed by atoms with van der Waals surface area (Å²) in [5, 5.41) is 12.5. The molecule has 1 saturated carbocycles. The lowest BCUT2D eigenvalue weighted by atomic mass is 9.79. The first-order valence-corrected chi connectivity index (χ1v) is 7.10. The molecule has 0 aromatic heterocycles. The molecule has 0 amide bonds. The summed E-state index contributed by atoms with van der Waals surface area (Å²) < 4.78 is 5.43. The normalized spacial score (nSPS) is 34.4. The molecule has 2 aliphatic rings.